The summed E-state index contributed by atoms with van der Waals surface area (Å²) >= 11 is 0. The summed E-state index contributed by atoms with van der Waals surface area (Å²) < 4.78 is 17.7. The molecule has 1 saturated heterocycles. The zero-order valence-electron chi connectivity index (χ0n) is 54.3. The van der Waals surface area contributed by atoms with Crippen molar-refractivity contribution >= 4 is 11.9 Å². The summed E-state index contributed by atoms with van der Waals surface area (Å²) in [6.45, 7) is 5.81. The first-order chi connectivity index (χ1) is 40.7. The van der Waals surface area contributed by atoms with E-state index >= 15 is 0 Å². The van der Waals surface area contributed by atoms with Crippen molar-refractivity contribution in [3.05, 3.63) is 36.5 Å². The van der Waals surface area contributed by atoms with E-state index < -0.39 is 67.4 Å². The van der Waals surface area contributed by atoms with Gasteiger partial charge in [0.25, 0.3) is 0 Å². The average Bonchev–Trinajstić information content (AvgIpc) is 3.61. The maximum Gasteiger partial charge on any atom is 0.306 e. The number of aliphatic hydroxyl groups excluding tert-OH is 5. The van der Waals surface area contributed by atoms with Crippen molar-refractivity contribution < 1.29 is 49.3 Å². The molecule has 0 aromatic heterocycles. The summed E-state index contributed by atoms with van der Waals surface area (Å²) in [6.07, 6.45) is 63.3. The average molecular weight is 1170 g/mol. The zero-order chi connectivity index (χ0) is 60.3. The van der Waals surface area contributed by atoms with E-state index in [4.69, 9.17) is 14.2 Å². The van der Waals surface area contributed by atoms with E-state index in [-0.39, 0.29) is 13.0 Å². The molecule has 0 bridgehead atoms. The lowest BCUT2D eigenvalue weighted by Gasteiger charge is -2.41. The molecule has 1 rings (SSSR count). The second-order valence-electron chi connectivity index (χ2n) is 25.0. The maximum absolute atomic E-state index is 13.5. The van der Waals surface area contributed by atoms with E-state index in [0.717, 1.165) is 70.6 Å². The quantitative estimate of drug-likeness (QED) is 0.0195. The Labute approximate surface area is 511 Å². The van der Waals surface area contributed by atoms with Crippen molar-refractivity contribution in [2.45, 2.75) is 397 Å². The van der Waals surface area contributed by atoms with Gasteiger partial charge in [-0.2, -0.15) is 0 Å². The van der Waals surface area contributed by atoms with E-state index in [1.54, 1.807) is 6.08 Å². The van der Waals surface area contributed by atoms with Crippen LogP contribution in [-0.4, -0.2) is 99.6 Å². The molecule has 1 amide bonds. The van der Waals surface area contributed by atoms with Crippen molar-refractivity contribution in [3.63, 3.8) is 0 Å². The topological polar surface area (TPSA) is 175 Å². The summed E-state index contributed by atoms with van der Waals surface area (Å²) in [5.41, 5.74) is 0. The fourth-order valence-corrected chi connectivity index (χ4v) is 11.4. The molecule has 11 heteroatoms. The summed E-state index contributed by atoms with van der Waals surface area (Å²) in [7, 11) is 0. The predicted molar refractivity (Wildman–Crippen MR) is 347 cm³/mol. The Bertz CT molecular complexity index is 1490. The Morgan fingerprint density at radius 1 is 0.470 bits per heavy atom. The molecule has 11 nitrogen and oxygen atoms in total. The summed E-state index contributed by atoms with van der Waals surface area (Å²) in [5.74, 6) is -1.18. The van der Waals surface area contributed by atoms with Crippen LogP contribution in [-0.2, 0) is 23.8 Å². The van der Waals surface area contributed by atoms with E-state index in [1.807, 2.05) is 6.08 Å². The van der Waals surface area contributed by atoms with Crippen molar-refractivity contribution in [3.8, 4) is 0 Å². The highest BCUT2D eigenvalue weighted by Crippen LogP contribution is 2.26. The molecule has 0 aromatic carbocycles. The Balaban J connectivity index is 2.54. The fourth-order valence-electron chi connectivity index (χ4n) is 11.4. The largest absolute Gasteiger partial charge is 0.454 e. The molecule has 0 radical (unpaired) electrons. The first-order valence-electron chi connectivity index (χ1n) is 35.8. The molecule has 0 aliphatic carbocycles. The Hall–Kier alpha value is -2.12. The van der Waals surface area contributed by atoms with Crippen LogP contribution in [0.1, 0.15) is 348 Å². The molecule has 1 heterocycles. The van der Waals surface area contributed by atoms with Crippen LogP contribution in [0.2, 0.25) is 0 Å². The highest BCUT2D eigenvalue weighted by molar-refractivity contribution is 5.80. The van der Waals surface area contributed by atoms with Gasteiger partial charge in [-0.15, -0.1) is 0 Å². The molecular weight excluding hydrogens is 1040 g/mol. The van der Waals surface area contributed by atoms with Gasteiger partial charge >= 0.3 is 5.97 Å². The van der Waals surface area contributed by atoms with Gasteiger partial charge in [-0.25, -0.2) is 0 Å². The lowest BCUT2D eigenvalue weighted by atomic mass is 9.99. The van der Waals surface area contributed by atoms with Gasteiger partial charge in [-0.3, -0.25) is 9.59 Å². The van der Waals surface area contributed by atoms with Crippen molar-refractivity contribution in [2.75, 3.05) is 13.2 Å². The van der Waals surface area contributed by atoms with Crippen LogP contribution >= 0.6 is 0 Å². The summed E-state index contributed by atoms with van der Waals surface area (Å²) in [6, 6.07) is -1.02. The van der Waals surface area contributed by atoms with Gasteiger partial charge in [0.15, 0.2) is 12.4 Å². The van der Waals surface area contributed by atoms with Gasteiger partial charge in [-0.1, -0.05) is 320 Å². The van der Waals surface area contributed by atoms with Crippen molar-refractivity contribution in [1.82, 2.24) is 5.32 Å². The van der Waals surface area contributed by atoms with E-state index in [1.165, 1.54) is 231 Å². The number of nitrogens with one attached hydrogen (secondary N) is 1. The third-order valence-corrected chi connectivity index (χ3v) is 17.0. The molecule has 1 fully saturated rings. The van der Waals surface area contributed by atoms with Crippen LogP contribution in [0.5, 0.6) is 0 Å². The van der Waals surface area contributed by atoms with Crippen LogP contribution in [0.25, 0.3) is 0 Å². The minimum atomic E-state index is -1.61. The van der Waals surface area contributed by atoms with E-state index in [0.29, 0.717) is 19.3 Å². The van der Waals surface area contributed by atoms with Crippen LogP contribution in [0.4, 0.5) is 0 Å². The van der Waals surface area contributed by atoms with Crippen molar-refractivity contribution in [1.29, 1.82) is 0 Å². The molecule has 1 aliphatic heterocycles. The fraction of sp³-hybridized carbons (Fsp3) is 0.889. The normalized spacial score (nSPS) is 18.7. The third kappa shape index (κ3) is 47.6. The van der Waals surface area contributed by atoms with Crippen LogP contribution in [0.3, 0.4) is 0 Å². The zero-order valence-corrected chi connectivity index (χ0v) is 54.3. The van der Waals surface area contributed by atoms with Crippen LogP contribution in [0, 0.1) is 0 Å². The molecular formula is C72H135NO10. The first kappa shape index (κ1) is 78.9. The first-order valence-corrected chi connectivity index (χ1v) is 35.8. The molecule has 0 aromatic rings. The molecule has 0 spiro atoms. The van der Waals surface area contributed by atoms with Crippen LogP contribution in [0.15, 0.2) is 36.5 Å². The van der Waals surface area contributed by atoms with Crippen LogP contribution < -0.4 is 5.32 Å². The predicted octanol–water partition coefficient (Wildman–Crippen LogP) is 18.2. The molecule has 83 heavy (non-hydrogen) atoms. The number of rotatable bonds is 62. The van der Waals surface area contributed by atoms with E-state index in [2.05, 4.69) is 50.4 Å². The summed E-state index contributed by atoms with van der Waals surface area (Å²) in [4.78, 5) is 26.7. The molecule has 488 valence electrons. The number of esters is 1. The number of carbonyl (C=O) groups is 2. The highest BCUT2D eigenvalue weighted by Gasteiger charge is 2.47. The van der Waals surface area contributed by atoms with E-state index in [9.17, 15) is 35.1 Å². The van der Waals surface area contributed by atoms with Crippen molar-refractivity contribution in [2.24, 2.45) is 0 Å². The molecule has 0 saturated carbocycles. The molecule has 6 N–H and O–H groups in total. The Morgan fingerprint density at radius 2 is 0.831 bits per heavy atom. The Morgan fingerprint density at radius 3 is 1.25 bits per heavy atom. The number of hydrogen-bond donors (Lipinski definition) is 6. The van der Waals surface area contributed by atoms with Gasteiger partial charge < -0.3 is 45.1 Å². The number of allylic oxidation sites excluding steroid dienone is 5. The summed E-state index contributed by atoms with van der Waals surface area (Å²) in [5, 5.41) is 57.2. The second kappa shape index (κ2) is 60.2. The lowest BCUT2D eigenvalue weighted by molar-refractivity contribution is -0.305. The number of unbranched alkanes of at least 4 members (excludes halogenated alkanes) is 44. The van der Waals surface area contributed by atoms with Gasteiger partial charge in [0.05, 0.1) is 25.4 Å². The SMILES string of the molecule is CCCCC/C=C\C/C=C\CCCCCCCCCCCCC(O)C(=O)NC(COC1OC(CO)C(O)C(O)C1OC(=O)CCCCCCCCCCCCCCCCCCCCCCCCC)C(O)/C=C/CCCCCCCCCCC. The molecule has 8 unspecified atom stereocenters. The minimum absolute atomic E-state index is 0.129. The number of amides is 1. The van der Waals surface area contributed by atoms with Gasteiger partial charge in [-0.05, 0) is 57.8 Å². The highest BCUT2D eigenvalue weighted by atomic mass is 16.7. The maximum atomic E-state index is 13.5. The minimum Gasteiger partial charge on any atom is -0.454 e. The lowest BCUT2D eigenvalue weighted by Crippen LogP contribution is -2.61. The number of aliphatic hydroxyl groups is 5. The number of hydrogen-bond acceptors (Lipinski definition) is 10. The monoisotopic (exact) mass is 1170 g/mol. The second-order valence-corrected chi connectivity index (χ2v) is 25.0. The Kier molecular flexibility index (Phi) is 57.2. The molecule has 1 aliphatic rings. The third-order valence-electron chi connectivity index (χ3n) is 17.0. The van der Waals surface area contributed by atoms with Gasteiger partial charge in [0.2, 0.25) is 5.91 Å². The molecule has 8 atom stereocenters. The van der Waals surface area contributed by atoms with Gasteiger partial charge in [0.1, 0.15) is 24.4 Å². The number of carbonyl (C=O) groups excluding carboxylic acids is 2. The number of ether oxygens (including phenoxy) is 3. The smallest absolute Gasteiger partial charge is 0.306 e. The van der Waals surface area contributed by atoms with Gasteiger partial charge in [0, 0.05) is 6.42 Å². The standard InChI is InChI=1S/C72H135NO10/c1-4-7-10-13-16-19-22-24-26-28-30-32-33-34-36-38-40-42-45-48-51-54-57-60-67(77)83-70-69(79)68(78)66(61-74)82-72(70)81-62-63(64(75)58-55-52-49-46-43-21-18-15-12-9-6-3)73-71(80)65(76)59-56-53-50-47-44-41-39-37-35-31-29-27-25-23-20-17-14-11-8-5-2/h17,20,25,27,55,58,63-66,68-70,72,74-76,78-79H,4-16,18-19,21-24,26,28-54,56-57,59-62H2,1-3H3,(H,73,80)/b20-17-,27-25-,58-55+.